The van der Waals surface area contributed by atoms with Crippen LogP contribution in [-0.2, 0) is 11.3 Å². The van der Waals surface area contributed by atoms with Crippen molar-refractivity contribution in [3.63, 3.8) is 0 Å². The summed E-state index contributed by atoms with van der Waals surface area (Å²) in [6, 6.07) is 9.52. The van der Waals surface area contributed by atoms with Crippen molar-refractivity contribution in [2.75, 3.05) is 13.1 Å². The van der Waals surface area contributed by atoms with E-state index in [9.17, 15) is 13.6 Å². The van der Waals surface area contributed by atoms with E-state index in [1.807, 2.05) is 43.5 Å². The minimum Gasteiger partial charge on any atom is -0.481 e. The summed E-state index contributed by atoms with van der Waals surface area (Å²) in [7, 11) is 0. The van der Waals surface area contributed by atoms with Gasteiger partial charge >= 0.3 is 5.97 Å². The van der Waals surface area contributed by atoms with Crippen molar-refractivity contribution in [3.05, 3.63) is 47.8 Å². The summed E-state index contributed by atoms with van der Waals surface area (Å²) in [5, 5.41) is 13.5. The third-order valence-corrected chi connectivity index (χ3v) is 4.24. The van der Waals surface area contributed by atoms with Gasteiger partial charge in [0.2, 0.25) is 0 Å². The van der Waals surface area contributed by atoms with Gasteiger partial charge in [0.25, 0.3) is 5.92 Å². The Hall–Kier alpha value is -2.28. The molecule has 1 N–H and O–H groups in total. The maximum Gasteiger partial charge on any atom is 0.308 e. The molecule has 0 bridgehead atoms. The monoisotopic (exact) mass is 335 g/mol. The summed E-state index contributed by atoms with van der Waals surface area (Å²) < 4.78 is 29.3. The number of likely N-dealkylation sites (tertiary alicyclic amines) is 1. The van der Waals surface area contributed by atoms with Crippen LogP contribution in [0.15, 0.2) is 36.5 Å². The first-order chi connectivity index (χ1) is 11.3. The Balaban J connectivity index is 1.78. The first-order valence-corrected chi connectivity index (χ1v) is 7.77. The van der Waals surface area contributed by atoms with Crippen LogP contribution in [0.3, 0.4) is 0 Å². The number of aromatic nitrogens is 2. The lowest BCUT2D eigenvalue weighted by molar-refractivity contribution is -0.153. The number of carboxylic acid groups (broad SMARTS) is 1. The normalized spacial score (nSPS) is 20.9. The van der Waals surface area contributed by atoms with Gasteiger partial charge in [-0.25, -0.2) is 13.5 Å². The van der Waals surface area contributed by atoms with E-state index >= 15 is 0 Å². The molecule has 2 aromatic rings. The van der Waals surface area contributed by atoms with E-state index in [4.69, 9.17) is 5.11 Å². The average molecular weight is 335 g/mol. The van der Waals surface area contributed by atoms with Gasteiger partial charge < -0.3 is 5.11 Å². The lowest BCUT2D eigenvalue weighted by atomic mass is 9.95. The minimum atomic E-state index is -2.98. The van der Waals surface area contributed by atoms with Crippen LogP contribution in [0, 0.1) is 12.8 Å². The number of halogens is 2. The Morgan fingerprint density at radius 1 is 1.38 bits per heavy atom. The molecule has 1 unspecified atom stereocenters. The van der Waals surface area contributed by atoms with Gasteiger partial charge in [0.1, 0.15) is 0 Å². The molecule has 1 aromatic carbocycles. The molecule has 1 saturated heterocycles. The summed E-state index contributed by atoms with van der Waals surface area (Å²) in [5.74, 6) is -5.20. The molecule has 1 atom stereocenters. The number of hydrogen-bond acceptors (Lipinski definition) is 3. The molecule has 24 heavy (non-hydrogen) atoms. The first kappa shape index (κ1) is 16.6. The zero-order chi connectivity index (χ0) is 17.3. The van der Waals surface area contributed by atoms with Crippen molar-refractivity contribution in [3.8, 4) is 5.69 Å². The Labute approximate surface area is 138 Å². The van der Waals surface area contributed by atoms with Crippen LogP contribution in [0.25, 0.3) is 5.69 Å². The summed E-state index contributed by atoms with van der Waals surface area (Å²) in [6.45, 7) is 1.79. The number of aliphatic carboxylic acids is 1. The van der Waals surface area contributed by atoms with Crippen LogP contribution in [0.5, 0.6) is 0 Å². The van der Waals surface area contributed by atoms with Crippen LogP contribution in [0.4, 0.5) is 8.78 Å². The van der Waals surface area contributed by atoms with Gasteiger partial charge in [-0.05, 0) is 19.1 Å². The number of carboxylic acids is 1. The second kappa shape index (κ2) is 6.32. The van der Waals surface area contributed by atoms with Crippen LogP contribution in [0.2, 0.25) is 0 Å². The van der Waals surface area contributed by atoms with Gasteiger partial charge in [-0.15, -0.1) is 0 Å². The van der Waals surface area contributed by atoms with Gasteiger partial charge in [-0.3, -0.25) is 9.69 Å². The Morgan fingerprint density at radius 2 is 2.08 bits per heavy atom. The average Bonchev–Trinajstić information content (AvgIpc) is 2.87. The van der Waals surface area contributed by atoms with E-state index in [0.29, 0.717) is 0 Å². The van der Waals surface area contributed by atoms with Crippen molar-refractivity contribution in [1.29, 1.82) is 0 Å². The number of nitrogens with zero attached hydrogens (tertiary/aromatic N) is 3. The molecule has 3 rings (SSSR count). The molecule has 2 heterocycles. The number of piperidine rings is 1. The van der Waals surface area contributed by atoms with E-state index in [2.05, 4.69) is 5.10 Å². The fraction of sp³-hybridized carbons (Fsp3) is 0.412. The van der Waals surface area contributed by atoms with Crippen LogP contribution in [0.1, 0.15) is 17.7 Å². The molecule has 5 nitrogen and oxygen atoms in total. The first-order valence-electron chi connectivity index (χ1n) is 7.77. The lowest BCUT2D eigenvalue weighted by Crippen LogP contribution is -2.48. The van der Waals surface area contributed by atoms with Crippen molar-refractivity contribution >= 4 is 5.97 Å². The highest BCUT2D eigenvalue weighted by Crippen LogP contribution is 2.31. The van der Waals surface area contributed by atoms with Crippen molar-refractivity contribution in [2.24, 2.45) is 5.92 Å². The highest BCUT2D eigenvalue weighted by atomic mass is 19.3. The molecule has 1 aliphatic heterocycles. The topological polar surface area (TPSA) is 58.4 Å². The highest BCUT2D eigenvalue weighted by molar-refractivity contribution is 5.70. The molecular formula is C17H19F2N3O2. The number of hydrogen-bond donors (Lipinski definition) is 1. The zero-order valence-electron chi connectivity index (χ0n) is 13.3. The molecule has 0 radical (unpaired) electrons. The molecule has 0 amide bonds. The van der Waals surface area contributed by atoms with Gasteiger partial charge in [-0.2, -0.15) is 5.10 Å². The smallest absolute Gasteiger partial charge is 0.308 e. The van der Waals surface area contributed by atoms with Crippen molar-refractivity contribution < 1.29 is 18.7 Å². The van der Waals surface area contributed by atoms with Gasteiger partial charge in [0.05, 0.1) is 23.8 Å². The molecule has 1 aliphatic rings. The molecule has 1 fully saturated rings. The lowest BCUT2D eigenvalue weighted by Gasteiger charge is -2.35. The van der Waals surface area contributed by atoms with Gasteiger partial charge in [0.15, 0.2) is 0 Å². The van der Waals surface area contributed by atoms with E-state index in [0.717, 1.165) is 16.9 Å². The molecule has 128 valence electrons. The second-order valence-corrected chi connectivity index (χ2v) is 6.28. The number of alkyl halides is 2. The fourth-order valence-corrected chi connectivity index (χ4v) is 3.08. The summed E-state index contributed by atoms with van der Waals surface area (Å²) in [5.41, 5.74) is 2.46. The standard InChI is InChI=1S/C17H19F2N3O2/c1-12-14(10-22(20-12)15-5-3-2-4-6-15)9-21-8-13(16(23)24)7-17(18,19)11-21/h2-6,10,13H,7-9,11H2,1H3,(H,23,24). The minimum absolute atomic E-state index is 0.126. The zero-order valence-corrected chi connectivity index (χ0v) is 13.3. The fourth-order valence-electron chi connectivity index (χ4n) is 3.08. The molecule has 1 aromatic heterocycles. The number of aryl methyl sites for hydroxylation is 1. The highest BCUT2D eigenvalue weighted by Gasteiger charge is 2.43. The Bertz CT molecular complexity index is 731. The predicted octanol–water partition coefficient (Wildman–Crippen LogP) is 2.72. The largest absolute Gasteiger partial charge is 0.481 e. The van der Waals surface area contributed by atoms with E-state index < -0.39 is 30.8 Å². The maximum absolute atomic E-state index is 13.8. The summed E-state index contributed by atoms with van der Waals surface area (Å²) in [4.78, 5) is 12.6. The second-order valence-electron chi connectivity index (χ2n) is 6.28. The SMILES string of the molecule is Cc1nn(-c2ccccc2)cc1CN1CC(C(=O)O)CC(F)(F)C1. The summed E-state index contributed by atoms with van der Waals surface area (Å²) >= 11 is 0. The van der Waals surface area contributed by atoms with E-state index in [1.165, 1.54) is 4.90 Å². The Kier molecular flexibility index (Phi) is 4.36. The van der Waals surface area contributed by atoms with E-state index in [1.54, 1.807) is 4.68 Å². The van der Waals surface area contributed by atoms with Crippen LogP contribution < -0.4 is 0 Å². The van der Waals surface area contributed by atoms with Gasteiger partial charge in [-0.1, -0.05) is 18.2 Å². The maximum atomic E-state index is 13.8. The van der Waals surface area contributed by atoms with Crippen molar-refractivity contribution in [2.45, 2.75) is 25.8 Å². The Morgan fingerprint density at radius 3 is 2.75 bits per heavy atom. The summed E-state index contributed by atoms with van der Waals surface area (Å²) in [6.07, 6.45) is 1.22. The quantitative estimate of drug-likeness (QED) is 0.933. The molecule has 0 aliphatic carbocycles. The third kappa shape index (κ3) is 3.62. The molecular weight excluding hydrogens is 316 g/mol. The van der Waals surface area contributed by atoms with E-state index in [-0.39, 0.29) is 13.1 Å². The molecule has 7 heteroatoms. The predicted molar refractivity (Wildman–Crippen MR) is 84.3 cm³/mol. The van der Waals surface area contributed by atoms with Gasteiger partial charge in [0, 0.05) is 31.3 Å². The molecule has 0 saturated carbocycles. The third-order valence-electron chi connectivity index (χ3n) is 4.24. The molecule has 0 spiro atoms. The van der Waals surface area contributed by atoms with Crippen LogP contribution in [-0.4, -0.2) is 44.8 Å². The van der Waals surface area contributed by atoms with Crippen molar-refractivity contribution in [1.82, 2.24) is 14.7 Å². The number of carbonyl (C=O) groups is 1. The number of para-hydroxylation sites is 1. The number of benzene rings is 1. The van der Waals surface area contributed by atoms with Crippen LogP contribution >= 0.6 is 0 Å². The number of rotatable bonds is 4.